The number of nitrogens with one attached hydrogen (secondary N) is 2. The number of amides is 1. The average Bonchev–Trinajstić information content (AvgIpc) is 3.30. The molecule has 1 aliphatic rings. The quantitative estimate of drug-likeness (QED) is 0.472. The van der Waals surface area contributed by atoms with Gasteiger partial charge >= 0.3 is 0 Å². The number of anilines is 1. The molecule has 30 heavy (non-hydrogen) atoms. The zero-order chi connectivity index (χ0) is 21.1. The molecule has 2 N–H and O–H groups in total. The Labute approximate surface area is 179 Å². The maximum atomic E-state index is 12.6. The van der Waals surface area contributed by atoms with E-state index in [2.05, 4.69) is 26.8 Å². The minimum absolute atomic E-state index is 0.204. The molecule has 0 radical (unpaired) electrons. The Morgan fingerprint density at radius 1 is 1.27 bits per heavy atom. The lowest BCUT2D eigenvalue weighted by molar-refractivity contribution is 0.0951. The van der Waals surface area contributed by atoms with Crippen LogP contribution in [0.15, 0.2) is 54.0 Å². The van der Waals surface area contributed by atoms with Gasteiger partial charge in [-0.3, -0.25) is 14.2 Å². The first kappa shape index (κ1) is 20.0. The Morgan fingerprint density at radius 3 is 2.77 bits per heavy atom. The molecule has 1 aliphatic heterocycles. The van der Waals surface area contributed by atoms with Crippen LogP contribution in [-0.2, 0) is 13.1 Å². The van der Waals surface area contributed by atoms with Crippen molar-refractivity contribution < 1.29 is 4.79 Å². The molecular weight excluding hydrogens is 398 g/mol. The standard InChI is InChI=1S/C22H23N5O2S/c1-2-9-27-21(29)17-7-6-16(12-18(17)25-22(27)30)20(28)24-14-15-5-8-19(23-13-15)26-10-3-4-11-26/h2,5-8,12-13H,1,3-4,9-11,14H2,(H,24,28)(H,25,30). The number of H-pyrrole nitrogens is 1. The van der Waals surface area contributed by atoms with Crippen LogP contribution in [0.1, 0.15) is 28.8 Å². The Bertz CT molecular complexity index is 1210. The molecule has 0 saturated carbocycles. The third kappa shape index (κ3) is 4.04. The molecule has 0 bridgehead atoms. The number of allylic oxidation sites excluding steroid dienone is 1. The van der Waals surface area contributed by atoms with E-state index in [0.29, 0.717) is 34.3 Å². The number of carbonyl (C=O) groups excluding carboxylic acids is 1. The molecule has 2 aromatic heterocycles. The summed E-state index contributed by atoms with van der Waals surface area (Å²) in [5.74, 6) is 0.754. The van der Waals surface area contributed by atoms with Gasteiger partial charge in [0.2, 0.25) is 0 Å². The fourth-order valence-electron chi connectivity index (χ4n) is 3.63. The Balaban J connectivity index is 1.48. The van der Waals surface area contributed by atoms with Gasteiger partial charge in [-0.2, -0.15) is 0 Å². The van der Waals surface area contributed by atoms with Crippen LogP contribution in [0.4, 0.5) is 5.82 Å². The van der Waals surface area contributed by atoms with Gasteiger partial charge in [0.1, 0.15) is 5.82 Å². The van der Waals surface area contributed by atoms with E-state index in [1.165, 1.54) is 17.4 Å². The van der Waals surface area contributed by atoms with E-state index in [1.54, 1.807) is 30.5 Å². The van der Waals surface area contributed by atoms with E-state index in [4.69, 9.17) is 12.2 Å². The highest BCUT2D eigenvalue weighted by atomic mass is 32.1. The number of pyridine rings is 1. The van der Waals surface area contributed by atoms with Gasteiger partial charge in [-0.05, 0) is 54.9 Å². The summed E-state index contributed by atoms with van der Waals surface area (Å²) in [4.78, 5) is 35.0. The van der Waals surface area contributed by atoms with Crippen molar-refractivity contribution in [1.82, 2.24) is 19.9 Å². The van der Waals surface area contributed by atoms with Gasteiger partial charge in [-0.25, -0.2) is 4.98 Å². The molecule has 3 aromatic rings. The fourth-order valence-corrected chi connectivity index (χ4v) is 3.90. The van der Waals surface area contributed by atoms with E-state index in [9.17, 15) is 9.59 Å². The van der Waals surface area contributed by atoms with Crippen LogP contribution in [0.5, 0.6) is 0 Å². The number of aromatic nitrogens is 3. The third-order valence-electron chi connectivity index (χ3n) is 5.25. The van der Waals surface area contributed by atoms with Crippen molar-refractivity contribution in [3.8, 4) is 0 Å². The summed E-state index contributed by atoms with van der Waals surface area (Å²) in [6.45, 7) is 6.45. The van der Waals surface area contributed by atoms with Gasteiger partial charge in [0.15, 0.2) is 4.77 Å². The van der Waals surface area contributed by atoms with Crippen LogP contribution in [-0.4, -0.2) is 33.5 Å². The highest BCUT2D eigenvalue weighted by molar-refractivity contribution is 7.71. The number of fused-ring (bicyclic) bond motifs is 1. The van der Waals surface area contributed by atoms with Crippen LogP contribution in [0.3, 0.4) is 0 Å². The van der Waals surface area contributed by atoms with Crippen molar-refractivity contribution in [2.24, 2.45) is 0 Å². The third-order valence-corrected chi connectivity index (χ3v) is 5.57. The van der Waals surface area contributed by atoms with E-state index in [1.807, 2.05) is 12.1 Å². The molecule has 1 fully saturated rings. The van der Waals surface area contributed by atoms with Crippen molar-refractivity contribution in [2.45, 2.75) is 25.9 Å². The van der Waals surface area contributed by atoms with Gasteiger partial charge in [-0.1, -0.05) is 12.1 Å². The van der Waals surface area contributed by atoms with Crippen LogP contribution in [0.25, 0.3) is 10.9 Å². The zero-order valence-corrected chi connectivity index (χ0v) is 17.4. The number of aromatic amines is 1. The molecule has 8 heteroatoms. The number of hydrogen-bond donors (Lipinski definition) is 2. The van der Waals surface area contributed by atoms with Crippen LogP contribution in [0, 0.1) is 4.77 Å². The molecule has 0 atom stereocenters. The second-order valence-electron chi connectivity index (χ2n) is 7.30. The van der Waals surface area contributed by atoms with Crippen LogP contribution < -0.4 is 15.8 Å². The second-order valence-corrected chi connectivity index (χ2v) is 7.68. The van der Waals surface area contributed by atoms with Crippen molar-refractivity contribution >= 4 is 34.8 Å². The SMILES string of the molecule is C=CCn1c(=S)[nH]c2cc(C(=O)NCc3ccc(N4CCCC4)nc3)ccc2c1=O. The monoisotopic (exact) mass is 421 g/mol. The van der Waals surface area contributed by atoms with Crippen molar-refractivity contribution in [2.75, 3.05) is 18.0 Å². The average molecular weight is 422 g/mol. The highest BCUT2D eigenvalue weighted by Crippen LogP contribution is 2.17. The van der Waals surface area contributed by atoms with Crippen molar-refractivity contribution in [1.29, 1.82) is 0 Å². The summed E-state index contributed by atoms with van der Waals surface area (Å²) in [7, 11) is 0. The molecule has 0 aliphatic carbocycles. The Morgan fingerprint density at radius 2 is 2.07 bits per heavy atom. The van der Waals surface area contributed by atoms with Gasteiger partial charge in [0.25, 0.3) is 11.5 Å². The van der Waals surface area contributed by atoms with Gasteiger partial charge in [-0.15, -0.1) is 6.58 Å². The molecule has 7 nitrogen and oxygen atoms in total. The lowest BCUT2D eigenvalue weighted by atomic mass is 10.1. The number of hydrogen-bond acceptors (Lipinski definition) is 5. The largest absolute Gasteiger partial charge is 0.357 e. The number of rotatable bonds is 6. The molecule has 0 unspecified atom stereocenters. The van der Waals surface area contributed by atoms with E-state index in [-0.39, 0.29) is 11.5 Å². The molecule has 1 saturated heterocycles. The van der Waals surface area contributed by atoms with Gasteiger partial charge in [0, 0.05) is 37.9 Å². The van der Waals surface area contributed by atoms with Crippen LogP contribution >= 0.6 is 12.2 Å². The maximum absolute atomic E-state index is 12.6. The molecule has 1 aromatic carbocycles. The first-order valence-corrected chi connectivity index (χ1v) is 10.3. The first-order chi connectivity index (χ1) is 14.6. The Kier molecular flexibility index (Phi) is 5.76. The molecule has 3 heterocycles. The fraction of sp³-hybridized carbons (Fsp3) is 0.273. The zero-order valence-electron chi connectivity index (χ0n) is 16.6. The molecule has 154 valence electrons. The lowest BCUT2D eigenvalue weighted by Gasteiger charge is -2.16. The van der Waals surface area contributed by atoms with E-state index < -0.39 is 0 Å². The van der Waals surface area contributed by atoms with Crippen molar-refractivity contribution in [3.05, 3.63) is 75.4 Å². The smallest absolute Gasteiger partial charge is 0.262 e. The minimum atomic E-state index is -0.227. The maximum Gasteiger partial charge on any atom is 0.262 e. The number of nitrogens with zero attached hydrogens (tertiary/aromatic N) is 3. The van der Waals surface area contributed by atoms with Gasteiger partial charge < -0.3 is 15.2 Å². The molecule has 4 rings (SSSR count). The van der Waals surface area contributed by atoms with Crippen LogP contribution in [0.2, 0.25) is 0 Å². The summed E-state index contributed by atoms with van der Waals surface area (Å²) >= 11 is 5.26. The summed E-state index contributed by atoms with van der Waals surface area (Å²) in [6, 6.07) is 8.92. The molecule has 1 amide bonds. The summed E-state index contributed by atoms with van der Waals surface area (Å²) in [5.41, 5.74) is 1.72. The van der Waals surface area contributed by atoms with Gasteiger partial charge in [0.05, 0.1) is 10.9 Å². The highest BCUT2D eigenvalue weighted by Gasteiger charge is 2.13. The summed E-state index contributed by atoms with van der Waals surface area (Å²) in [5, 5.41) is 3.38. The summed E-state index contributed by atoms with van der Waals surface area (Å²) < 4.78 is 1.73. The van der Waals surface area contributed by atoms with E-state index in [0.717, 1.165) is 24.5 Å². The molecular formula is C22H23N5O2S. The first-order valence-electron chi connectivity index (χ1n) is 9.92. The second kappa shape index (κ2) is 8.62. The predicted molar refractivity (Wildman–Crippen MR) is 120 cm³/mol. The van der Waals surface area contributed by atoms with Crippen molar-refractivity contribution in [3.63, 3.8) is 0 Å². The Hall–Kier alpha value is -3.26. The summed E-state index contributed by atoms with van der Waals surface area (Å²) in [6.07, 6.45) is 5.83. The number of carbonyl (C=O) groups is 1. The number of benzene rings is 1. The predicted octanol–water partition coefficient (Wildman–Crippen LogP) is 3.17. The lowest BCUT2D eigenvalue weighted by Crippen LogP contribution is -2.24. The molecule has 0 spiro atoms. The topological polar surface area (TPSA) is 83.0 Å². The minimum Gasteiger partial charge on any atom is -0.357 e. The van der Waals surface area contributed by atoms with E-state index >= 15 is 0 Å². The normalized spacial score (nSPS) is 13.5.